The predicted octanol–water partition coefficient (Wildman–Crippen LogP) is 3.26. The molecule has 0 bridgehead atoms. The van der Waals surface area contributed by atoms with E-state index in [1.54, 1.807) is 0 Å². The first-order valence-corrected chi connectivity index (χ1v) is 6.07. The normalized spacial score (nSPS) is 10.8. The summed E-state index contributed by atoms with van der Waals surface area (Å²) in [6.07, 6.45) is 3.24. The summed E-state index contributed by atoms with van der Waals surface area (Å²) in [5.74, 6) is -0.210. The van der Waals surface area contributed by atoms with Gasteiger partial charge in [0.1, 0.15) is 0 Å². The van der Waals surface area contributed by atoms with Gasteiger partial charge in [-0.15, -0.1) is 0 Å². The molecule has 2 N–H and O–H groups in total. The zero-order valence-corrected chi connectivity index (χ0v) is 11.7. The van der Waals surface area contributed by atoms with Crippen molar-refractivity contribution >= 4 is 17.3 Å². The van der Waals surface area contributed by atoms with Gasteiger partial charge < -0.3 is 10.6 Å². The molecule has 0 aliphatic rings. The van der Waals surface area contributed by atoms with Crippen LogP contribution < -0.4 is 10.6 Å². The molecule has 1 aromatic carbocycles. The SMILES string of the molecule is C=CC(=O)Nc1ccc(/C(=C\C(=C)C)NC)c(C)c1. The average molecular weight is 256 g/mol. The second-order valence-corrected chi connectivity index (χ2v) is 4.38. The number of carbonyl (C=O) groups excluding carboxylic acids is 1. The number of benzene rings is 1. The lowest BCUT2D eigenvalue weighted by Gasteiger charge is -2.12. The van der Waals surface area contributed by atoms with Crippen LogP contribution in [0.4, 0.5) is 5.69 Å². The Morgan fingerprint density at radius 1 is 1.37 bits per heavy atom. The maximum Gasteiger partial charge on any atom is 0.247 e. The molecule has 0 aliphatic heterocycles. The van der Waals surface area contributed by atoms with Crippen molar-refractivity contribution in [3.8, 4) is 0 Å². The van der Waals surface area contributed by atoms with Crippen molar-refractivity contribution in [2.75, 3.05) is 12.4 Å². The molecule has 0 fully saturated rings. The number of aryl methyl sites for hydroxylation is 1. The first-order chi connectivity index (χ1) is 8.97. The van der Waals surface area contributed by atoms with E-state index in [-0.39, 0.29) is 5.91 Å². The molecule has 0 spiro atoms. The van der Waals surface area contributed by atoms with Crippen molar-refractivity contribution in [1.29, 1.82) is 0 Å². The standard InChI is InChI=1S/C16H20N2O/c1-6-16(19)18-13-7-8-14(12(4)10-13)15(17-5)9-11(2)3/h6-10,17H,1-2H2,3-5H3,(H,18,19)/b15-9+. The molecule has 3 heteroatoms. The van der Waals surface area contributed by atoms with Crippen molar-refractivity contribution in [3.63, 3.8) is 0 Å². The average Bonchev–Trinajstić information content (AvgIpc) is 2.36. The number of nitrogens with one attached hydrogen (secondary N) is 2. The predicted molar refractivity (Wildman–Crippen MR) is 81.9 cm³/mol. The van der Waals surface area contributed by atoms with E-state index in [1.165, 1.54) is 6.08 Å². The van der Waals surface area contributed by atoms with Gasteiger partial charge in [0.15, 0.2) is 0 Å². The Morgan fingerprint density at radius 2 is 2.05 bits per heavy atom. The van der Waals surface area contributed by atoms with Crippen molar-refractivity contribution < 1.29 is 4.79 Å². The Balaban J connectivity index is 3.09. The maximum absolute atomic E-state index is 11.2. The Kier molecular flexibility index (Phi) is 5.12. The van der Waals surface area contributed by atoms with E-state index in [0.717, 1.165) is 28.1 Å². The van der Waals surface area contributed by atoms with Gasteiger partial charge >= 0.3 is 0 Å². The molecule has 0 heterocycles. The van der Waals surface area contributed by atoms with Crippen LogP contribution in [0.1, 0.15) is 18.1 Å². The molecule has 1 rings (SSSR count). The molecule has 0 unspecified atom stereocenters. The third-order valence-electron chi connectivity index (χ3n) is 2.63. The summed E-state index contributed by atoms with van der Waals surface area (Å²) in [6, 6.07) is 5.77. The van der Waals surface area contributed by atoms with Crippen molar-refractivity contribution in [2.45, 2.75) is 13.8 Å². The summed E-state index contributed by atoms with van der Waals surface area (Å²) >= 11 is 0. The lowest BCUT2D eigenvalue weighted by molar-refractivity contribution is -0.111. The van der Waals surface area contributed by atoms with Crippen LogP contribution >= 0.6 is 0 Å². The highest BCUT2D eigenvalue weighted by atomic mass is 16.1. The van der Waals surface area contributed by atoms with Crippen LogP contribution in [0.5, 0.6) is 0 Å². The van der Waals surface area contributed by atoms with E-state index >= 15 is 0 Å². The van der Waals surface area contributed by atoms with Gasteiger partial charge in [0, 0.05) is 24.0 Å². The van der Waals surface area contributed by atoms with Gasteiger partial charge in [-0.2, -0.15) is 0 Å². The number of anilines is 1. The molecule has 1 amide bonds. The number of carbonyl (C=O) groups is 1. The van der Waals surface area contributed by atoms with Gasteiger partial charge in [0.2, 0.25) is 5.91 Å². The number of amides is 1. The second-order valence-electron chi connectivity index (χ2n) is 4.38. The lowest BCUT2D eigenvalue weighted by atomic mass is 10.0. The fourth-order valence-electron chi connectivity index (χ4n) is 1.77. The first-order valence-electron chi connectivity index (χ1n) is 6.07. The highest BCUT2D eigenvalue weighted by Crippen LogP contribution is 2.21. The summed E-state index contributed by atoms with van der Waals surface area (Å²) in [6.45, 7) is 11.3. The molecule has 0 atom stereocenters. The molecule has 0 radical (unpaired) electrons. The molecule has 3 nitrogen and oxygen atoms in total. The Morgan fingerprint density at radius 3 is 2.53 bits per heavy atom. The van der Waals surface area contributed by atoms with E-state index in [4.69, 9.17) is 0 Å². The minimum absolute atomic E-state index is 0.210. The zero-order valence-electron chi connectivity index (χ0n) is 11.7. The summed E-state index contributed by atoms with van der Waals surface area (Å²) in [5, 5.41) is 5.90. The number of hydrogen-bond acceptors (Lipinski definition) is 2. The number of rotatable bonds is 5. The quantitative estimate of drug-likeness (QED) is 0.627. The Labute approximate surface area is 114 Å². The second kappa shape index (κ2) is 6.59. The fraction of sp³-hybridized carbons (Fsp3) is 0.188. The van der Waals surface area contributed by atoms with E-state index < -0.39 is 0 Å². The molecular formula is C16H20N2O. The van der Waals surface area contributed by atoms with Crippen molar-refractivity contribution in [1.82, 2.24) is 5.32 Å². The first kappa shape index (κ1) is 14.8. The third kappa shape index (κ3) is 4.14. The van der Waals surface area contributed by atoms with Crippen LogP contribution in [0.3, 0.4) is 0 Å². The largest absolute Gasteiger partial charge is 0.388 e. The molecule has 19 heavy (non-hydrogen) atoms. The minimum Gasteiger partial charge on any atom is -0.388 e. The van der Waals surface area contributed by atoms with Crippen LogP contribution in [0.25, 0.3) is 5.70 Å². The van der Waals surface area contributed by atoms with Crippen LogP contribution in [0.2, 0.25) is 0 Å². The molecule has 0 aromatic heterocycles. The van der Waals surface area contributed by atoms with Crippen LogP contribution in [0.15, 0.2) is 49.1 Å². The van der Waals surface area contributed by atoms with E-state index in [2.05, 4.69) is 23.8 Å². The van der Waals surface area contributed by atoms with Crippen molar-refractivity contribution in [3.05, 3.63) is 60.2 Å². The highest BCUT2D eigenvalue weighted by Gasteiger charge is 2.05. The van der Waals surface area contributed by atoms with E-state index in [1.807, 2.05) is 45.2 Å². The van der Waals surface area contributed by atoms with Crippen molar-refractivity contribution in [2.24, 2.45) is 0 Å². The molecule has 0 aliphatic carbocycles. The molecular weight excluding hydrogens is 236 g/mol. The molecule has 100 valence electrons. The Hall–Kier alpha value is -2.29. The minimum atomic E-state index is -0.210. The third-order valence-corrected chi connectivity index (χ3v) is 2.63. The summed E-state index contributed by atoms with van der Waals surface area (Å²) < 4.78 is 0. The summed E-state index contributed by atoms with van der Waals surface area (Å²) in [5.41, 5.74) is 4.90. The molecule has 0 saturated carbocycles. The van der Waals surface area contributed by atoms with Gasteiger partial charge in [-0.1, -0.05) is 24.8 Å². The van der Waals surface area contributed by atoms with Gasteiger partial charge in [0.05, 0.1) is 0 Å². The van der Waals surface area contributed by atoms with E-state index in [9.17, 15) is 4.79 Å². The molecule has 0 saturated heterocycles. The van der Waals surface area contributed by atoms with Crippen LogP contribution in [-0.2, 0) is 4.79 Å². The maximum atomic E-state index is 11.2. The summed E-state index contributed by atoms with van der Waals surface area (Å²) in [4.78, 5) is 11.2. The Bertz CT molecular complexity index is 542. The summed E-state index contributed by atoms with van der Waals surface area (Å²) in [7, 11) is 1.88. The van der Waals surface area contributed by atoms with Gasteiger partial charge in [-0.25, -0.2) is 0 Å². The number of hydrogen-bond donors (Lipinski definition) is 2. The topological polar surface area (TPSA) is 41.1 Å². The van der Waals surface area contributed by atoms with Crippen LogP contribution in [-0.4, -0.2) is 13.0 Å². The lowest BCUT2D eigenvalue weighted by Crippen LogP contribution is -2.09. The number of allylic oxidation sites excluding steroid dienone is 2. The smallest absolute Gasteiger partial charge is 0.247 e. The van der Waals surface area contributed by atoms with Gasteiger partial charge in [0.25, 0.3) is 0 Å². The monoisotopic (exact) mass is 256 g/mol. The van der Waals surface area contributed by atoms with E-state index in [0.29, 0.717) is 0 Å². The van der Waals surface area contributed by atoms with Crippen LogP contribution in [0, 0.1) is 6.92 Å². The van der Waals surface area contributed by atoms with Gasteiger partial charge in [-0.05, 0) is 43.7 Å². The fourth-order valence-corrected chi connectivity index (χ4v) is 1.77. The molecule has 1 aromatic rings. The van der Waals surface area contributed by atoms with Gasteiger partial charge in [-0.3, -0.25) is 4.79 Å². The highest BCUT2D eigenvalue weighted by molar-refractivity contribution is 5.99. The zero-order chi connectivity index (χ0) is 14.4.